The summed E-state index contributed by atoms with van der Waals surface area (Å²) >= 11 is 0. The first-order valence-electron chi connectivity index (χ1n) is 6.50. The molecule has 1 saturated carbocycles. The number of nitrogens with one attached hydrogen (secondary N) is 1. The Kier molecular flexibility index (Phi) is 4.34. The molecule has 0 bridgehead atoms. The topological polar surface area (TPSA) is 24.9 Å². The van der Waals surface area contributed by atoms with Crippen LogP contribution in [-0.4, -0.2) is 11.5 Å². The molecule has 1 heterocycles. The zero-order valence-electron chi connectivity index (χ0n) is 10.2. The molecule has 0 aliphatic heterocycles. The lowest BCUT2D eigenvalue weighted by Crippen LogP contribution is -2.27. The normalized spacial score (nSPS) is 19.6. The van der Waals surface area contributed by atoms with Gasteiger partial charge in [-0.1, -0.05) is 25.3 Å². The highest BCUT2D eigenvalue weighted by Gasteiger charge is 2.14. The third-order valence-corrected chi connectivity index (χ3v) is 3.57. The second-order valence-corrected chi connectivity index (χ2v) is 4.89. The summed E-state index contributed by atoms with van der Waals surface area (Å²) in [5.41, 5.74) is 1.15. The zero-order chi connectivity index (χ0) is 11.2. The van der Waals surface area contributed by atoms with Gasteiger partial charge in [-0.05, 0) is 44.4 Å². The van der Waals surface area contributed by atoms with Gasteiger partial charge < -0.3 is 5.32 Å². The van der Waals surface area contributed by atoms with Crippen molar-refractivity contribution < 1.29 is 0 Å². The maximum absolute atomic E-state index is 4.38. The number of hydrogen-bond donors (Lipinski definition) is 1. The first-order valence-corrected chi connectivity index (χ1v) is 6.50. The summed E-state index contributed by atoms with van der Waals surface area (Å²) in [4.78, 5) is 4.38. The maximum atomic E-state index is 4.38. The molecule has 1 aliphatic carbocycles. The molecule has 1 aromatic heterocycles. The minimum Gasteiger partial charge on any atom is -0.309 e. The van der Waals surface area contributed by atoms with Crippen LogP contribution in [0.15, 0.2) is 24.4 Å². The second kappa shape index (κ2) is 6.00. The van der Waals surface area contributed by atoms with Gasteiger partial charge in [0.05, 0.1) is 5.69 Å². The minimum absolute atomic E-state index is 0.378. The molecule has 1 fully saturated rings. The van der Waals surface area contributed by atoms with Gasteiger partial charge in [-0.25, -0.2) is 0 Å². The van der Waals surface area contributed by atoms with Crippen LogP contribution in [0.4, 0.5) is 0 Å². The molecule has 88 valence electrons. The fourth-order valence-corrected chi connectivity index (χ4v) is 2.47. The molecule has 1 aromatic rings. The smallest absolute Gasteiger partial charge is 0.0570 e. The van der Waals surface area contributed by atoms with Crippen molar-refractivity contribution in [1.82, 2.24) is 10.3 Å². The van der Waals surface area contributed by atoms with Crippen molar-refractivity contribution in [1.29, 1.82) is 0 Å². The van der Waals surface area contributed by atoms with Gasteiger partial charge in [0.2, 0.25) is 0 Å². The predicted molar refractivity (Wildman–Crippen MR) is 67.2 cm³/mol. The van der Waals surface area contributed by atoms with Crippen molar-refractivity contribution >= 4 is 0 Å². The van der Waals surface area contributed by atoms with Crippen molar-refractivity contribution in [2.24, 2.45) is 5.92 Å². The standard InChI is InChI=1S/C14H22N2/c1-12(14-9-5-6-10-15-14)16-11-13-7-3-2-4-8-13/h5-6,9-10,12-13,16H,2-4,7-8,11H2,1H3/t12-/m0/s1. The first-order chi connectivity index (χ1) is 7.86. The van der Waals surface area contributed by atoms with Crippen molar-refractivity contribution in [2.45, 2.75) is 45.1 Å². The molecule has 0 unspecified atom stereocenters. The SMILES string of the molecule is C[C@H](NCC1CCCCC1)c1ccccn1. The van der Waals surface area contributed by atoms with Crippen LogP contribution in [-0.2, 0) is 0 Å². The highest BCUT2D eigenvalue weighted by molar-refractivity contribution is 5.07. The molecular weight excluding hydrogens is 196 g/mol. The van der Waals surface area contributed by atoms with E-state index in [0.717, 1.165) is 18.2 Å². The Morgan fingerprint density at radius 2 is 2.12 bits per heavy atom. The molecular formula is C14H22N2. The number of aromatic nitrogens is 1. The average Bonchev–Trinajstić information content (AvgIpc) is 2.38. The Morgan fingerprint density at radius 3 is 2.81 bits per heavy atom. The van der Waals surface area contributed by atoms with E-state index in [-0.39, 0.29) is 0 Å². The summed E-state index contributed by atoms with van der Waals surface area (Å²) in [5.74, 6) is 0.889. The van der Waals surface area contributed by atoms with E-state index in [0.29, 0.717) is 6.04 Å². The van der Waals surface area contributed by atoms with Crippen LogP contribution in [0.25, 0.3) is 0 Å². The van der Waals surface area contributed by atoms with Gasteiger partial charge in [0, 0.05) is 12.2 Å². The quantitative estimate of drug-likeness (QED) is 0.838. The lowest BCUT2D eigenvalue weighted by Gasteiger charge is -2.23. The van der Waals surface area contributed by atoms with Gasteiger partial charge in [0.1, 0.15) is 0 Å². The number of hydrogen-bond acceptors (Lipinski definition) is 2. The third kappa shape index (κ3) is 3.31. The molecule has 2 nitrogen and oxygen atoms in total. The van der Waals surface area contributed by atoms with E-state index in [1.165, 1.54) is 32.1 Å². The molecule has 0 saturated heterocycles. The monoisotopic (exact) mass is 218 g/mol. The van der Waals surface area contributed by atoms with Gasteiger partial charge in [-0.3, -0.25) is 4.98 Å². The molecule has 0 radical (unpaired) electrons. The van der Waals surface area contributed by atoms with Gasteiger partial charge in [-0.15, -0.1) is 0 Å². The van der Waals surface area contributed by atoms with E-state index in [1.807, 2.05) is 12.3 Å². The number of pyridine rings is 1. The van der Waals surface area contributed by atoms with Crippen LogP contribution in [0.1, 0.15) is 50.8 Å². The van der Waals surface area contributed by atoms with Crippen molar-refractivity contribution in [3.8, 4) is 0 Å². The highest BCUT2D eigenvalue weighted by Crippen LogP contribution is 2.23. The summed E-state index contributed by atoms with van der Waals surface area (Å²) in [6.45, 7) is 3.35. The fourth-order valence-electron chi connectivity index (χ4n) is 2.47. The highest BCUT2D eigenvalue weighted by atomic mass is 14.9. The van der Waals surface area contributed by atoms with E-state index in [1.54, 1.807) is 0 Å². The van der Waals surface area contributed by atoms with E-state index in [2.05, 4.69) is 29.4 Å². The van der Waals surface area contributed by atoms with E-state index in [9.17, 15) is 0 Å². The van der Waals surface area contributed by atoms with Crippen LogP contribution >= 0.6 is 0 Å². The minimum atomic E-state index is 0.378. The summed E-state index contributed by atoms with van der Waals surface area (Å²) in [7, 11) is 0. The van der Waals surface area contributed by atoms with Gasteiger partial charge >= 0.3 is 0 Å². The fraction of sp³-hybridized carbons (Fsp3) is 0.643. The van der Waals surface area contributed by atoms with E-state index < -0.39 is 0 Å². The van der Waals surface area contributed by atoms with Crippen LogP contribution in [0.5, 0.6) is 0 Å². The molecule has 1 N–H and O–H groups in total. The maximum Gasteiger partial charge on any atom is 0.0570 e. The Hall–Kier alpha value is -0.890. The molecule has 0 aromatic carbocycles. The average molecular weight is 218 g/mol. The van der Waals surface area contributed by atoms with E-state index >= 15 is 0 Å². The van der Waals surface area contributed by atoms with Gasteiger partial charge in [-0.2, -0.15) is 0 Å². The summed E-state index contributed by atoms with van der Waals surface area (Å²) in [6, 6.07) is 6.50. The predicted octanol–water partition coefficient (Wildman–Crippen LogP) is 3.31. The lowest BCUT2D eigenvalue weighted by molar-refractivity contribution is 0.330. The molecule has 16 heavy (non-hydrogen) atoms. The first kappa shape index (κ1) is 11.6. The largest absolute Gasteiger partial charge is 0.309 e. The summed E-state index contributed by atoms with van der Waals surface area (Å²) in [5, 5.41) is 3.61. The van der Waals surface area contributed by atoms with E-state index in [4.69, 9.17) is 0 Å². The summed E-state index contributed by atoms with van der Waals surface area (Å²) in [6.07, 6.45) is 8.96. The lowest BCUT2D eigenvalue weighted by atomic mass is 9.89. The van der Waals surface area contributed by atoms with Gasteiger partial charge in [0.15, 0.2) is 0 Å². The van der Waals surface area contributed by atoms with Crippen molar-refractivity contribution in [3.05, 3.63) is 30.1 Å². The molecule has 2 rings (SSSR count). The van der Waals surface area contributed by atoms with Crippen LogP contribution < -0.4 is 5.32 Å². The molecule has 1 atom stereocenters. The molecule has 0 amide bonds. The van der Waals surface area contributed by atoms with Crippen LogP contribution in [0.2, 0.25) is 0 Å². The zero-order valence-corrected chi connectivity index (χ0v) is 10.2. The van der Waals surface area contributed by atoms with Crippen LogP contribution in [0, 0.1) is 5.92 Å². The Labute approximate surface area is 98.5 Å². The Bertz CT molecular complexity index is 291. The van der Waals surface area contributed by atoms with Crippen molar-refractivity contribution in [2.75, 3.05) is 6.54 Å². The number of rotatable bonds is 4. The van der Waals surface area contributed by atoms with Crippen LogP contribution in [0.3, 0.4) is 0 Å². The molecule has 2 heteroatoms. The third-order valence-electron chi connectivity index (χ3n) is 3.57. The number of nitrogens with zero attached hydrogens (tertiary/aromatic N) is 1. The summed E-state index contributed by atoms with van der Waals surface area (Å²) < 4.78 is 0. The Balaban J connectivity index is 1.77. The molecule has 1 aliphatic rings. The second-order valence-electron chi connectivity index (χ2n) is 4.89. The van der Waals surface area contributed by atoms with Crippen molar-refractivity contribution in [3.63, 3.8) is 0 Å². The Morgan fingerprint density at radius 1 is 1.31 bits per heavy atom. The molecule has 0 spiro atoms. The van der Waals surface area contributed by atoms with Gasteiger partial charge in [0.25, 0.3) is 0 Å².